The Labute approximate surface area is 117 Å². The van der Waals surface area contributed by atoms with E-state index < -0.39 is 5.97 Å². The highest BCUT2D eigenvalue weighted by Gasteiger charge is 2.28. The van der Waals surface area contributed by atoms with Gasteiger partial charge in [-0.3, -0.25) is 9.59 Å². The lowest BCUT2D eigenvalue weighted by atomic mass is 9.86. The smallest absolute Gasteiger partial charge is 0.317 e. The van der Waals surface area contributed by atoms with Gasteiger partial charge < -0.3 is 20.6 Å². The largest absolute Gasteiger partial charge is 0.481 e. The summed E-state index contributed by atoms with van der Waals surface area (Å²) in [5.41, 5.74) is 0. The van der Waals surface area contributed by atoms with E-state index in [2.05, 4.69) is 10.6 Å². The Balaban J connectivity index is 1.77. The Bertz CT molecular complexity index is 391. The van der Waals surface area contributed by atoms with Gasteiger partial charge >= 0.3 is 12.0 Å². The summed E-state index contributed by atoms with van der Waals surface area (Å²) in [6, 6.07) is -0.106. The Morgan fingerprint density at radius 3 is 2.55 bits per heavy atom. The first-order chi connectivity index (χ1) is 9.56. The summed E-state index contributed by atoms with van der Waals surface area (Å²) in [7, 11) is 0. The monoisotopic (exact) mass is 283 g/mol. The molecule has 3 amide bonds. The van der Waals surface area contributed by atoms with E-state index in [0.29, 0.717) is 51.7 Å². The highest BCUT2D eigenvalue weighted by Crippen LogP contribution is 2.24. The van der Waals surface area contributed by atoms with Gasteiger partial charge in [-0.2, -0.15) is 0 Å². The van der Waals surface area contributed by atoms with Crippen molar-refractivity contribution in [1.82, 2.24) is 15.5 Å². The van der Waals surface area contributed by atoms with Crippen LogP contribution < -0.4 is 10.6 Å². The van der Waals surface area contributed by atoms with Crippen molar-refractivity contribution < 1.29 is 19.5 Å². The number of carbonyl (C=O) groups is 3. The van der Waals surface area contributed by atoms with Gasteiger partial charge in [0, 0.05) is 32.1 Å². The zero-order chi connectivity index (χ0) is 14.5. The summed E-state index contributed by atoms with van der Waals surface area (Å²) >= 11 is 0. The maximum Gasteiger partial charge on any atom is 0.317 e. The summed E-state index contributed by atoms with van der Waals surface area (Å²) in [4.78, 5) is 35.8. The first kappa shape index (κ1) is 14.6. The van der Waals surface area contributed by atoms with Crippen molar-refractivity contribution in [3.63, 3.8) is 0 Å². The third-order valence-electron chi connectivity index (χ3n) is 4.00. The molecule has 2 fully saturated rings. The summed E-state index contributed by atoms with van der Waals surface area (Å²) in [5.74, 6) is -1.04. The van der Waals surface area contributed by atoms with E-state index in [9.17, 15) is 14.4 Å². The maximum absolute atomic E-state index is 12.1. The van der Waals surface area contributed by atoms with Gasteiger partial charge in [-0.05, 0) is 25.7 Å². The van der Waals surface area contributed by atoms with Gasteiger partial charge in [-0.25, -0.2) is 4.79 Å². The zero-order valence-corrected chi connectivity index (χ0v) is 11.4. The zero-order valence-electron chi connectivity index (χ0n) is 11.4. The average molecular weight is 283 g/mol. The van der Waals surface area contributed by atoms with Gasteiger partial charge in [0.25, 0.3) is 0 Å². The van der Waals surface area contributed by atoms with E-state index in [0.717, 1.165) is 0 Å². The number of carboxylic acid groups (broad SMARTS) is 1. The summed E-state index contributed by atoms with van der Waals surface area (Å²) in [6.07, 6.45) is 2.96. The van der Waals surface area contributed by atoms with Crippen molar-refractivity contribution in [1.29, 1.82) is 0 Å². The number of urea groups is 1. The normalized spacial score (nSPS) is 27.4. The molecule has 0 radical (unpaired) electrons. The summed E-state index contributed by atoms with van der Waals surface area (Å²) in [5, 5.41) is 14.6. The maximum atomic E-state index is 12.1. The van der Waals surface area contributed by atoms with Crippen LogP contribution in [0.5, 0.6) is 0 Å². The number of carboxylic acids is 1. The van der Waals surface area contributed by atoms with E-state index in [1.165, 1.54) is 0 Å². The van der Waals surface area contributed by atoms with Crippen molar-refractivity contribution in [2.45, 2.75) is 38.1 Å². The van der Waals surface area contributed by atoms with Gasteiger partial charge in [0.05, 0.1) is 5.92 Å². The second-order valence-electron chi connectivity index (χ2n) is 5.42. The van der Waals surface area contributed by atoms with Gasteiger partial charge in [0.2, 0.25) is 5.91 Å². The molecule has 20 heavy (non-hydrogen) atoms. The van der Waals surface area contributed by atoms with E-state index >= 15 is 0 Å². The topological polar surface area (TPSA) is 98.7 Å². The molecular weight excluding hydrogens is 262 g/mol. The van der Waals surface area contributed by atoms with E-state index in [4.69, 9.17) is 5.11 Å². The third kappa shape index (κ3) is 3.85. The van der Waals surface area contributed by atoms with Crippen LogP contribution in [0.4, 0.5) is 4.79 Å². The number of amides is 3. The van der Waals surface area contributed by atoms with E-state index in [1.54, 1.807) is 4.90 Å². The van der Waals surface area contributed by atoms with Crippen LogP contribution in [-0.2, 0) is 9.59 Å². The van der Waals surface area contributed by atoms with Gasteiger partial charge in [0.15, 0.2) is 0 Å². The first-order valence-electron chi connectivity index (χ1n) is 7.11. The summed E-state index contributed by atoms with van der Waals surface area (Å²) in [6.45, 7) is 1.43. The molecule has 0 aromatic carbocycles. The minimum atomic E-state index is -0.744. The molecule has 0 atom stereocenters. The number of carbonyl (C=O) groups excluding carboxylic acids is 2. The molecule has 0 aromatic heterocycles. The molecule has 1 saturated heterocycles. The molecule has 1 aliphatic carbocycles. The van der Waals surface area contributed by atoms with Crippen LogP contribution in [-0.4, -0.2) is 53.6 Å². The molecule has 7 heteroatoms. The molecule has 0 aromatic rings. The van der Waals surface area contributed by atoms with Crippen LogP contribution in [0.25, 0.3) is 0 Å². The van der Waals surface area contributed by atoms with Crippen LogP contribution in [0.2, 0.25) is 0 Å². The third-order valence-corrected chi connectivity index (χ3v) is 4.00. The SMILES string of the molecule is O=C1CCN(C(=O)NC2CCC(C(=O)O)CC2)CCN1. The molecule has 2 aliphatic rings. The molecular formula is C13H21N3O4. The highest BCUT2D eigenvalue weighted by molar-refractivity contribution is 5.79. The average Bonchev–Trinajstić information content (AvgIpc) is 2.64. The highest BCUT2D eigenvalue weighted by atomic mass is 16.4. The molecule has 0 unspecified atom stereocenters. The summed E-state index contributed by atoms with van der Waals surface area (Å²) < 4.78 is 0. The standard InChI is InChI=1S/C13H21N3O4/c17-11-5-7-16(8-6-14-11)13(20)15-10-3-1-9(2-4-10)12(18)19/h9-10H,1-8H2,(H,14,17)(H,15,20)(H,18,19). The Morgan fingerprint density at radius 2 is 1.90 bits per heavy atom. The Kier molecular flexibility index (Phi) is 4.81. The predicted octanol–water partition coefficient (Wildman–Crippen LogP) is 0.161. The van der Waals surface area contributed by atoms with Crippen LogP contribution in [0, 0.1) is 5.92 Å². The molecule has 1 aliphatic heterocycles. The number of nitrogens with zero attached hydrogens (tertiary/aromatic N) is 1. The lowest BCUT2D eigenvalue weighted by Crippen LogP contribution is -2.47. The molecule has 112 valence electrons. The Morgan fingerprint density at radius 1 is 1.20 bits per heavy atom. The van der Waals surface area contributed by atoms with Crippen molar-refractivity contribution >= 4 is 17.9 Å². The van der Waals surface area contributed by atoms with Crippen LogP contribution in [0.3, 0.4) is 0 Å². The number of hydrogen-bond donors (Lipinski definition) is 3. The molecule has 2 rings (SSSR count). The number of nitrogens with one attached hydrogen (secondary N) is 2. The predicted molar refractivity (Wildman–Crippen MR) is 71.1 cm³/mol. The molecule has 1 saturated carbocycles. The fourth-order valence-corrected chi connectivity index (χ4v) is 2.72. The van der Waals surface area contributed by atoms with Crippen LogP contribution in [0.1, 0.15) is 32.1 Å². The number of hydrogen-bond acceptors (Lipinski definition) is 3. The minimum absolute atomic E-state index is 0.0257. The lowest BCUT2D eigenvalue weighted by molar-refractivity contribution is -0.142. The van der Waals surface area contributed by atoms with Gasteiger partial charge in [0.1, 0.15) is 0 Å². The molecule has 0 spiro atoms. The quantitative estimate of drug-likeness (QED) is 0.672. The van der Waals surface area contributed by atoms with Gasteiger partial charge in [-0.1, -0.05) is 0 Å². The molecule has 7 nitrogen and oxygen atoms in total. The molecule has 0 bridgehead atoms. The van der Waals surface area contributed by atoms with Crippen molar-refractivity contribution in [2.75, 3.05) is 19.6 Å². The molecule has 3 N–H and O–H groups in total. The van der Waals surface area contributed by atoms with Crippen LogP contribution in [0.15, 0.2) is 0 Å². The molecule has 1 heterocycles. The van der Waals surface area contributed by atoms with Gasteiger partial charge in [-0.15, -0.1) is 0 Å². The fraction of sp³-hybridized carbons (Fsp3) is 0.769. The number of aliphatic carboxylic acids is 1. The number of rotatable bonds is 2. The van der Waals surface area contributed by atoms with E-state index in [1.807, 2.05) is 0 Å². The van der Waals surface area contributed by atoms with Crippen molar-refractivity contribution in [3.05, 3.63) is 0 Å². The van der Waals surface area contributed by atoms with Crippen molar-refractivity contribution in [3.8, 4) is 0 Å². The van der Waals surface area contributed by atoms with Crippen molar-refractivity contribution in [2.24, 2.45) is 5.92 Å². The van der Waals surface area contributed by atoms with Crippen LogP contribution >= 0.6 is 0 Å². The second-order valence-corrected chi connectivity index (χ2v) is 5.42. The second kappa shape index (κ2) is 6.58. The fourth-order valence-electron chi connectivity index (χ4n) is 2.72. The minimum Gasteiger partial charge on any atom is -0.481 e. The first-order valence-corrected chi connectivity index (χ1v) is 7.11. The van der Waals surface area contributed by atoms with E-state index in [-0.39, 0.29) is 23.9 Å². The lowest BCUT2D eigenvalue weighted by Gasteiger charge is -2.29. The Hall–Kier alpha value is -1.79.